The molecule has 0 amide bonds. The molecule has 1 N–H and O–H groups in total. The predicted octanol–water partition coefficient (Wildman–Crippen LogP) is 5.16. The number of aromatic nitrogens is 2. The Balaban J connectivity index is 1.62. The highest BCUT2D eigenvalue weighted by Crippen LogP contribution is 2.30. The molecule has 0 aliphatic heterocycles. The van der Waals surface area contributed by atoms with Gasteiger partial charge in [-0.25, -0.2) is 4.39 Å². The number of ether oxygens (including phenoxy) is 2. The van der Waals surface area contributed by atoms with Crippen LogP contribution in [0.4, 0.5) is 4.39 Å². The molecule has 6 nitrogen and oxygen atoms in total. The number of halogens is 1. The van der Waals surface area contributed by atoms with Crippen LogP contribution in [0.3, 0.4) is 0 Å². The number of hydrogen-bond donors (Lipinski definition) is 1. The number of nitrogens with one attached hydrogen (secondary N) is 1. The second-order valence-corrected chi connectivity index (χ2v) is 7.07. The van der Waals surface area contributed by atoms with Gasteiger partial charge in [-0.3, -0.25) is 5.32 Å². The summed E-state index contributed by atoms with van der Waals surface area (Å²) in [4.78, 5) is 0. The first-order chi connectivity index (χ1) is 15.7. The molecule has 4 rings (SSSR count). The zero-order valence-corrected chi connectivity index (χ0v) is 17.9. The first-order valence-electron chi connectivity index (χ1n) is 10.4. The van der Waals surface area contributed by atoms with E-state index < -0.39 is 6.04 Å². The number of methoxy groups -OCH3 is 1. The first kappa shape index (κ1) is 21.5. The minimum Gasteiger partial charge on any atom is -0.493 e. The minimum atomic E-state index is -0.626. The summed E-state index contributed by atoms with van der Waals surface area (Å²) in [6.07, 6.45) is 0. The zero-order chi connectivity index (χ0) is 22.3. The molecule has 7 heteroatoms. The van der Waals surface area contributed by atoms with Crippen LogP contribution in [-0.2, 0) is 6.54 Å². The molecule has 1 heterocycles. The Hall–Kier alpha value is -3.71. The highest BCUT2D eigenvalue weighted by molar-refractivity contribution is 5.52. The quantitative estimate of drug-likeness (QED) is 0.393. The summed E-state index contributed by atoms with van der Waals surface area (Å²) in [5, 5.41) is 11.7. The van der Waals surface area contributed by atoms with Crippen LogP contribution in [-0.4, -0.2) is 23.9 Å². The smallest absolute Gasteiger partial charge is 0.247 e. The van der Waals surface area contributed by atoms with E-state index >= 15 is 0 Å². The zero-order valence-electron chi connectivity index (χ0n) is 17.9. The second kappa shape index (κ2) is 10.1. The van der Waals surface area contributed by atoms with Crippen molar-refractivity contribution >= 4 is 0 Å². The monoisotopic (exact) mass is 433 g/mol. The van der Waals surface area contributed by atoms with Crippen molar-refractivity contribution in [2.75, 3.05) is 13.7 Å². The molecule has 0 aliphatic rings. The van der Waals surface area contributed by atoms with Crippen LogP contribution in [0.5, 0.6) is 11.5 Å². The van der Waals surface area contributed by atoms with Crippen molar-refractivity contribution in [2.24, 2.45) is 0 Å². The van der Waals surface area contributed by atoms with Gasteiger partial charge in [0.2, 0.25) is 11.8 Å². The Labute approximate surface area is 186 Å². The van der Waals surface area contributed by atoms with Gasteiger partial charge in [-0.15, -0.1) is 10.2 Å². The molecule has 4 aromatic rings. The summed E-state index contributed by atoms with van der Waals surface area (Å²) in [5.74, 6) is 1.62. The van der Waals surface area contributed by atoms with Crippen molar-refractivity contribution in [3.8, 4) is 23.0 Å². The molecule has 0 saturated heterocycles. The lowest BCUT2D eigenvalue weighted by Gasteiger charge is -2.17. The molecule has 0 aliphatic carbocycles. The van der Waals surface area contributed by atoms with Crippen molar-refractivity contribution in [1.82, 2.24) is 15.5 Å². The van der Waals surface area contributed by atoms with E-state index in [0.29, 0.717) is 36.1 Å². The molecule has 0 fully saturated rings. The van der Waals surface area contributed by atoms with Gasteiger partial charge in [-0.1, -0.05) is 42.5 Å². The van der Waals surface area contributed by atoms with Crippen LogP contribution in [0.2, 0.25) is 0 Å². The van der Waals surface area contributed by atoms with E-state index in [1.807, 2.05) is 55.5 Å². The number of benzene rings is 3. The fraction of sp³-hybridized carbons (Fsp3) is 0.200. The third-order valence-electron chi connectivity index (χ3n) is 4.96. The standard InChI is InChI=1S/C25H24FN3O3/c1-3-31-21-14-13-17(15-22(21)30-2)16-27-23(19-11-7-8-12-20(19)26)25-29-28-24(32-25)18-9-5-4-6-10-18/h4-15,23,27H,3,16H2,1-2H3/t23-/m0/s1. The van der Waals surface area contributed by atoms with E-state index in [0.717, 1.165) is 11.1 Å². The maximum Gasteiger partial charge on any atom is 0.247 e. The molecule has 0 spiro atoms. The Bertz CT molecular complexity index is 1160. The van der Waals surface area contributed by atoms with Gasteiger partial charge in [0.05, 0.1) is 13.7 Å². The molecular weight excluding hydrogens is 409 g/mol. The topological polar surface area (TPSA) is 69.4 Å². The molecule has 164 valence electrons. The Morgan fingerprint density at radius 1 is 0.969 bits per heavy atom. The number of rotatable bonds is 9. The molecule has 0 bridgehead atoms. The van der Waals surface area contributed by atoms with Crippen molar-refractivity contribution < 1.29 is 18.3 Å². The fourth-order valence-electron chi connectivity index (χ4n) is 3.40. The summed E-state index contributed by atoms with van der Waals surface area (Å²) in [7, 11) is 1.60. The average molecular weight is 433 g/mol. The van der Waals surface area contributed by atoms with E-state index in [4.69, 9.17) is 13.9 Å². The first-order valence-corrected chi connectivity index (χ1v) is 10.4. The van der Waals surface area contributed by atoms with Gasteiger partial charge >= 0.3 is 0 Å². The summed E-state index contributed by atoms with van der Waals surface area (Å²) >= 11 is 0. The summed E-state index contributed by atoms with van der Waals surface area (Å²) in [6.45, 7) is 2.89. The van der Waals surface area contributed by atoms with Gasteiger partial charge in [0.1, 0.15) is 11.9 Å². The molecule has 1 aromatic heterocycles. The summed E-state index contributed by atoms with van der Waals surface area (Å²) in [6, 6.07) is 21.1. The minimum absolute atomic E-state index is 0.284. The van der Waals surface area contributed by atoms with E-state index in [1.54, 1.807) is 25.3 Å². The normalized spacial score (nSPS) is 11.8. The number of hydrogen-bond acceptors (Lipinski definition) is 6. The molecule has 0 unspecified atom stereocenters. The molecular formula is C25H24FN3O3. The van der Waals surface area contributed by atoms with Crippen molar-refractivity contribution in [2.45, 2.75) is 19.5 Å². The van der Waals surface area contributed by atoms with E-state index in [1.165, 1.54) is 6.07 Å². The third kappa shape index (κ3) is 4.78. The van der Waals surface area contributed by atoms with E-state index in [-0.39, 0.29) is 11.7 Å². The van der Waals surface area contributed by atoms with Gasteiger partial charge in [0.15, 0.2) is 11.5 Å². The Morgan fingerprint density at radius 3 is 2.50 bits per heavy atom. The van der Waals surface area contributed by atoms with Crippen molar-refractivity contribution in [3.05, 3.63) is 95.6 Å². The highest BCUT2D eigenvalue weighted by atomic mass is 19.1. The van der Waals surface area contributed by atoms with Crippen molar-refractivity contribution in [1.29, 1.82) is 0 Å². The Kier molecular flexibility index (Phi) is 6.77. The van der Waals surface area contributed by atoms with Gasteiger partial charge in [-0.05, 0) is 42.8 Å². The lowest BCUT2D eigenvalue weighted by molar-refractivity contribution is 0.310. The van der Waals surface area contributed by atoms with Gasteiger partial charge in [0.25, 0.3) is 0 Å². The Morgan fingerprint density at radius 2 is 1.75 bits per heavy atom. The van der Waals surface area contributed by atoms with Crippen LogP contribution in [0.1, 0.15) is 30.0 Å². The molecule has 3 aromatic carbocycles. The average Bonchev–Trinajstić information content (AvgIpc) is 3.32. The van der Waals surface area contributed by atoms with E-state index in [2.05, 4.69) is 15.5 Å². The third-order valence-corrected chi connectivity index (χ3v) is 4.96. The van der Waals surface area contributed by atoms with Gasteiger partial charge < -0.3 is 13.9 Å². The van der Waals surface area contributed by atoms with Crippen LogP contribution >= 0.6 is 0 Å². The summed E-state index contributed by atoms with van der Waals surface area (Å²) < 4.78 is 31.6. The number of nitrogens with zero attached hydrogens (tertiary/aromatic N) is 2. The lowest BCUT2D eigenvalue weighted by Crippen LogP contribution is -2.23. The van der Waals surface area contributed by atoms with Gasteiger partial charge in [0, 0.05) is 17.7 Å². The fourth-order valence-corrected chi connectivity index (χ4v) is 3.40. The molecule has 0 radical (unpaired) electrons. The largest absolute Gasteiger partial charge is 0.493 e. The van der Waals surface area contributed by atoms with Crippen molar-refractivity contribution in [3.63, 3.8) is 0 Å². The molecule has 1 atom stereocenters. The summed E-state index contributed by atoms with van der Waals surface area (Å²) in [5.41, 5.74) is 2.16. The SMILES string of the molecule is CCOc1ccc(CN[C@H](c2nnc(-c3ccccc3)o2)c2ccccc2F)cc1OC. The maximum absolute atomic E-state index is 14.7. The van der Waals surface area contributed by atoms with Crippen LogP contribution < -0.4 is 14.8 Å². The van der Waals surface area contributed by atoms with Crippen LogP contribution in [0, 0.1) is 5.82 Å². The highest BCUT2D eigenvalue weighted by Gasteiger charge is 2.24. The van der Waals surface area contributed by atoms with Crippen LogP contribution in [0.25, 0.3) is 11.5 Å². The van der Waals surface area contributed by atoms with Crippen LogP contribution in [0.15, 0.2) is 77.2 Å². The molecule has 0 saturated carbocycles. The predicted molar refractivity (Wildman–Crippen MR) is 119 cm³/mol. The maximum atomic E-state index is 14.7. The lowest BCUT2D eigenvalue weighted by atomic mass is 10.1. The van der Waals surface area contributed by atoms with Gasteiger partial charge in [-0.2, -0.15) is 0 Å². The van der Waals surface area contributed by atoms with E-state index in [9.17, 15) is 4.39 Å². The second-order valence-electron chi connectivity index (χ2n) is 7.07. The molecule has 32 heavy (non-hydrogen) atoms.